The third-order valence-corrected chi connectivity index (χ3v) is 3.76. The largest absolute Gasteiger partial charge is 0.308 e. The van der Waals surface area contributed by atoms with Gasteiger partial charge in [0.1, 0.15) is 0 Å². The first-order chi connectivity index (χ1) is 7.89. The molecule has 0 aromatic heterocycles. The normalized spacial score (nSPS) is 12.0. The summed E-state index contributed by atoms with van der Waals surface area (Å²) in [7, 11) is 0.530. The van der Waals surface area contributed by atoms with Gasteiger partial charge in [-0.15, -0.1) is 0 Å². The van der Waals surface area contributed by atoms with Crippen LogP contribution in [0.4, 0.5) is 0 Å². The number of hydrogen-bond donors (Lipinski definition) is 1. The van der Waals surface area contributed by atoms with Gasteiger partial charge in [0.2, 0.25) is 10.0 Å². The summed E-state index contributed by atoms with van der Waals surface area (Å²) in [4.78, 5) is 1.92. The number of hydrogen-bond acceptors (Lipinski definition) is 3. The Kier molecular flexibility index (Phi) is 5.39. The zero-order valence-corrected chi connectivity index (χ0v) is 11.6. The van der Waals surface area contributed by atoms with Crippen LogP contribution in [0.5, 0.6) is 0 Å². The third kappa shape index (κ3) is 6.02. The third-order valence-electron chi connectivity index (χ3n) is 2.15. The Hall–Kier alpha value is -0.620. The van der Waals surface area contributed by atoms with Gasteiger partial charge in [-0.3, -0.25) is 0 Å². The molecule has 1 N–H and O–H groups in total. The maximum absolute atomic E-state index is 11.7. The molecule has 0 amide bonds. The molecule has 17 heavy (non-hydrogen) atoms. The van der Waals surface area contributed by atoms with Crippen molar-refractivity contribution in [3.8, 4) is 0 Å². The second-order valence-electron chi connectivity index (χ2n) is 4.08. The standard InChI is InChI=1S/C11H17ClN2O2S/c1-14(2)8-7-13-17(15,16)9-10-3-5-11(12)6-4-10/h3-6,13H,7-9H2,1-2H3. The molecule has 0 fully saturated rings. The summed E-state index contributed by atoms with van der Waals surface area (Å²) in [6, 6.07) is 6.81. The molecule has 0 spiro atoms. The first kappa shape index (κ1) is 14.4. The van der Waals surface area contributed by atoms with Crippen LogP contribution < -0.4 is 4.72 Å². The topological polar surface area (TPSA) is 49.4 Å². The highest BCUT2D eigenvalue weighted by Gasteiger charge is 2.10. The van der Waals surface area contributed by atoms with Crippen molar-refractivity contribution in [1.82, 2.24) is 9.62 Å². The van der Waals surface area contributed by atoms with Crippen LogP contribution in [0.3, 0.4) is 0 Å². The van der Waals surface area contributed by atoms with Gasteiger partial charge >= 0.3 is 0 Å². The van der Waals surface area contributed by atoms with E-state index in [1.807, 2.05) is 19.0 Å². The van der Waals surface area contributed by atoms with E-state index in [1.165, 1.54) is 0 Å². The fourth-order valence-electron chi connectivity index (χ4n) is 1.28. The molecule has 6 heteroatoms. The van der Waals surface area contributed by atoms with Crippen molar-refractivity contribution in [2.24, 2.45) is 0 Å². The van der Waals surface area contributed by atoms with Gasteiger partial charge in [-0.2, -0.15) is 0 Å². The molecular weight excluding hydrogens is 260 g/mol. The monoisotopic (exact) mass is 276 g/mol. The molecule has 0 aliphatic heterocycles. The second-order valence-corrected chi connectivity index (χ2v) is 6.33. The van der Waals surface area contributed by atoms with Gasteiger partial charge in [-0.05, 0) is 31.8 Å². The van der Waals surface area contributed by atoms with E-state index in [4.69, 9.17) is 11.6 Å². The van der Waals surface area contributed by atoms with Gasteiger partial charge in [0, 0.05) is 18.1 Å². The lowest BCUT2D eigenvalue weighted by molar-refractivity contribution is 0.412. The lowest BCUT2D eigenvalue weighted by Crippen LogP contribution is -2.32. The number of likely N-dealkylation sites (N-methyl/N-ethyl adjacent to an activating group) is 1. The van der Waals surface area contributed by atoms with Gasteiger partial charge in [0.15, 0.2) is 0 Å². The Bertz CT molecular complexity index is 443. The zero-order valence-electron chi connectivity index (χ0n) is 9.98. The van der Waals surface area contributed by atoms with Crippen LogP contribution in [-0.2, 0) is 15.8 Å². The number of rotatable bonds is 6. The molecule has 1 rings (SSSR count). The quantitative estimate of drug-likeness (QED) is 0.853. The molecule has 0 aliphatic rings. The van der Waals surface area contributed by atoms with Crippen LogP contribution in [0.15, 0.2) is 24.3 Å². The Morgan fingerprint density at radius 1 is 1.24 bits per heavy atom. The molecule has 96 valence electrons. The molecule has 1 aromatic rings. The van der Waals surface area contributed by atoms with Gasteiger partial charge < -0.3 is 4.90 Å². The molecule has 0 radical (unpaired) electrons. The number of halogens is 1. The van der Waals surface area contributed by atoms with Crippen molar-refractivity contribution in [1.29, 1.82) is 0 Å². The first-order valence-electron chi connectivity index (χ1n) is 5.25. The van der Waals surface area contributed by atoms with Crippen molar-refractivity contribution in [3.63, 3.8) is 0 Å². The minimum atomic E-state index is -3.26. The summed E-state index contributed by atoms with van der Waals surface area (Å²) >= 11 is 5.73. The first-order valence-corrected chi connectivity index (χ1v) is 7.28. The number of benzene rings is 1. The average molecular weight is 277 g/mol. The highest BCUT2D eigenvalue weighted by molar-refractivity contribution is 7.88. The molecule has 4 nitrogen and oxygen atoms in total. The fraction of sp³-hybridized carbons (Fsp3) is 0.455. The molecule has 0 heterocycles. The van der Waals surface area contributed by atoms with Crippen molar-refractivity contribution in [3.05, 3.63) is 34.9 Å². The highest BCUT2D eigenvalue weighted by atomic mass is 35.5. The van der Waals surface area contributed by atoms with E-state index < -0.39 is 10.0 Å². The summed E-state index contributed by atoms with van der Waals surface area (Å²) in [5.41, 5.74) is 0.728. The smallest absolute Gasteiger partial charge is 0.215 e. The average Bonchev–Trinajstić information content (AvgIpc) is 2.20. The molecule has 0 unspecified atom stereocenters. The van der Waals surface area contributed by atoms with E-state index in [-0.39, 0.29) is 5.75 Å². The van der Waals surface area contributed by atoms with E-state index in [0.717, 1.165) is 5.56 Å². The summed E-state index contributed by atoms with van der Waals surface area (Å²) in [6.45, 7) is 1.10. The van der Waals surface area contributed by atoms with Gasteiger partial charge in [0.05, 0.1) is 5.75 Å². The predicted molar refractivity (Wildman–Crippen MR) is 70.6 cm³/mol. The number of nitrogens with zero attached hydrogens (tertiary/aromatic N) is 1. The molecule has 0 atom stereocenters. The van der Waals surface area contributed by atoms with Crippen molar-refractivity contribution in [2.75, 3.05) is 27.2 Å². The molecule has 0 saturated carbocycles. The molecule has 0 saturated heterocycles. The van der Waals surface area contributed by atoms with Gasteiger partial charge in [-0.1, -0.05) is 23.7 Å². The number of sulfonamides is 1. The van der Waals surface area contributed by atoms with Crippen molar-refractivity contribution < 1.29 is 8.42 Å². The molecule has 1 aromatic carbocycles. The summed E-state index contributed by atoms with van der Waals surface area (Å²) < 4.78 is 26.0. The zero-order chi connectivity index (χ0) is 12.9. The highest BCUT2D eigenvalue weighted by Crippen LogP contribution is 2.11. The van der Waals surface area contributed by atoms with Crippen LogP contribution in [0.25, 0.3) is 0 Å². The predicted octanol–water partition coefficient (Wildman–Crippen LogP) is 1.32. The van der Waals surface area contributed by atoms with Crippen molar-refractivity contribution >= 4 is 21.6 Å². The Labute approximate surface area is 108 Å². The Balaban J connectivity index is 2.52. The van der Waals surface area contributed by atoms with Gasteiger partial charge in [-0.25, -0.2) is 13.1 Å². The minimum Gasteiger partial charge on any atom is -0.308 e. The van der Waals surface area contributed by atoms with E-state index in [1.54, 1.807) is 24.3 Å². The number of nitrogens with one attached hydrogen (secondary N) is 1. The Morgan fingerprint density at radius 2 is 1.82 bits per heavy atom. The van der Waals surface area contributed by atoms with Crippen LogP contribution in [0.1, 0.15) is 5.56 Å². The molecule has 0 bridgehead atoms. The maximum atomic E-state index is 11.7. The fourth-order valence-corrected chi connectivity index (χ4v) is 2.54. The van der Waals surface area contributed by atoms with E-state index in [0.29, 0.717) is 18.1 Å². The van der Waals surface area contributed by atoms with Crippen LogP contribution in [0.2, 0.25) is 5.02 Å². The summed E-state index contributed by atoms with van der Waals surface area (Å²) in [5.74, 6) is -0.0163. The van der Waals surface area contributed by atoms with E-state index in [9.17, 15) is 8.42 Å². The van der Waals surface area contributed by atoms with Crippen LogP contribution in [0, 0.1) is 0 Å². The summed E-state index contributed by atoms with van der Waals surface area (Å²) in [5, 5.41) is 0.603. The second kappa shape index (κ2) is 6.35. The minimum absolute atomic E-state index is 0.0163. The maximum Gasteiger partial charge on any atom is 0.215 e. The Morgan fingerprint density at radius 3 is 2.35 bits per heavy atom. The van der Waals surface area contributed by atoms with Gasteiger partial charge in [0.25, 0.3) is 0 Å². The molecular formula is C11H17ClN2O2S. The molecule has 0 aliphatic carbocycles. The van der Waals surface area contributed by atoms with Crippen LogP contribution >= 0.6 is 11.6 Å². The lowest BCUT2D eigenvalue weighted by Gasteiger charge is -2.10. The van der Waals surface area contributed by atoms with E-state index >= 15 is 0 Å². The van der Waals surface area contributed by atoms with Crippen LogP contribution in [-0.4, -0.2) is 40.5 Å². The SMILES string of the molecule is CN(C)CCNS(=O)(=O)Cc1ccc(Cl)cc1. The summed E-state index contributed by atoms with van der Waals surface area (Å²) in [6.07, 6.45) is 0. The lowest BCUT2D eigenvalue weighted by atomic mass is 10.2. The van der Waals surface area contributed by atoms with Crippen molar-refractivity contribution in [2.45, 2.75) is 5.75 Å². The van der Waals surface area contributed by atoms with E-state index in [2.05, 4.69) is 4.72 Å².